The van der Waals surface area contributed by atoms with Gasteiger partial charge in [0.1, 0.15) is 6.61 Å². The van der Waals surface area contributed by atoms with Crippen LogP contribution in [0.4, 0.5) is 0 Å². The van der Waals surface area contributed by atoms with E-state index in [1.165, 1.54) is 0 Å². The lowest BCUT2D eigenvalue weighted by atomic mass is 10.3. The summed E-state index contributed by atoms with van der Waals surface area (Å²) in [4.78, 5) is 8.43. The highest BCUT2D eigenvalue weighted by molar-refractivity contribution is 5.17. The molecule has 0 saturated carbocycles. The van der Waals surface area contributed by atoms with Crippen LogP contribution in [0.1, 0.15) is 17.4 Å². The fraction of sp³-hybridized carbons (Fsp3) is 0.364. The first-order chi connectivity index (χ1) is 8.31. The Balaban J connectivity index is 2.08. The summed E-state index contributed by atoms with van der Waals surface area (Å²) in [5.74, 6) is 1.61. The lowest BCUT2D eigenvalue weighted by Crippen LogP contribution is -1.96. The summed E-state index contributed by atoms with van der Waals surface area (Å²) >= 11 is 0. The van der Waals surface area contributed by atoms with E-state index in [0.29, 0.717) is 30.6 Å². The fourth-order valence-corrected chi connectivity index (χ4v) is 1.37. The van der Waals surface area contributed by atoms with Crippen molar-refractivity contribution in [3.8, 4) is 5.88 Å². The van der Waals surface area contributed by atoms with E-state index < -0.39 is 0 Å². The summed E-state index contributed by atoms with van der Waals surface area (Å²) < 4.78 is 15.0. The molecule has 2 aromatic heterocycles. The molecule has 90 valence electrons. The van der Waals surface area contributed by atoms with Gasteiger partial charge in [-0.2, -0.15) is 4.98 Å². The Morgan fingerprint density at radius 1 is 1.24 bits per heavy atom. The van der Waals surface area contributed by atoms with E-state index in [2.05, 4.69) is 15.1 Å². The van der Waals surface area contributed by atoms with Crippen LogP contribution in [-0.4, -0.2) is 29.3 Å². The molecule has 0 aliphatic carbocycles. The Bertz CT molecular complexity index is 484. The first-order valence-electron chi connectivity index (χ1n) is 5.12. The summed E-state index contributed by atoms with van der Waals surface area (Å²) in [6.45, 7) is 0.342. The first kappa shape index (κ1) is 11.5. The van der Waals surface area contributed by atoms with Crippen LogP contribution in [0.2, 0.25) is 0 Å². The number of aromatic nitrogens is 3. The lowest BCUT2D eigenvalue weighted by molar-refractivity contribution is 0.174. The third kappa shape index (κ3) is 3.01. The molecule has 2 heterocycles. The van der Waals surface area contributed by atoms with Crippen molar-refractivity contribution in [2.24, 2.45) is 0 Å². The maximum absolute atomic E-state index is 5.07. The van der Waals surface area contributed by atoms with Crippen molar-refractivity contribution in [3.63, 3.8) is 0 Å². The van der Waals surface area contributed by atoms with E-state index in [1.54, 1.807) is 20.3 Å². The highest BCUT2D eigenvalue weighted by Gasteiger charge is 2.08. The molecule has 6 heteroatoms. The second-order valence-electron chi connectivity index (χ2n) is 3.39. The van der Waals surface area contributed by atoms with Crippen molar-refractivity contribution < 1.29 is 14.0 Å². The molecule has 0 spiro atoms. The highest BCUT2D eigenvalue weighted by atomic mass is 16.5. The van der Waals surface area contributed by atoms with Crippen LogP contribution in [0.25, 0.3) is 0 Å². The monoisotopic (exact) mass is 235 g/mol. The van der Waals surface area contributed by atoms with Crippen LogP contribution in [0.3, 0.4) is 0 Å². The van der Waals surface area contributed by atoms with Gasteiger partial charge in [0.15, 0.2) is 5.82 Å². The Hall–Kier alpha value is -1.95. The number of nitrogens with zero attached hydrogens (tertiary/aromatic N) is 3. The lowest BCUT2D eigenvalue weighted by Gasteiger charge is -2.00. The molecule has 2 aromatic rings. The van der Waals surface area contributed by atoms with Crippen LogP contribution in [0.15, 0.2) is 22.7 Å². The van der Waals surface area contributed by atoms with Crippen LogP contribution < -0.4 is 4.74 Å². The average molecular weight is 235 g/mol. The number of hydrogen-bond donors (Lipinski definition) is 0. The molecule has 0 fully saturated rings. The number of methoxy groups -OCH3 is 2. The molecule has 6 nitrogen and oxygen atoms in total. The second kappa shape index (κ2) is 5.40. The Morgan fingerprint density at radius 3 is 2.88 bits per heavy atom. The molecule has 2 rings (SSSR count). The average Bonchev–Trinajstić information content (AvgIpc) is 2.77. The summed E-state index contributed by atoms with van der Waals surface area (Å²) in [5.41, 5.74) is 0.817. The number of hydrogen-bond acceptors (Lipinski definition) is 6. The van der Waals surface area contributed by atoms with Gasteiger partial charge in [0, 0.05) is 13.2 Å². The summed E-state index contributed by atoms with van der Waals surface area (Å²) in [7, 11) is 3.16. The first-order valence-corrected chi connectivity index (χ1v) is 5.12. The van der Waals surface area contributed by atoms with Gasteiger partial charge in [-0.15, -0.1) is 0 Å². The molecular weight excluding hydrogens is 222 g/mol. The van der Waals surface area contributed by atoms with E-state index in [4.69, 9.17) is 14.0 Å². The van der Waals surface area contributed by atoms with Crippen molar-refractivity contribution in [3.05, 3.63) is 35.6 Å². The van der Waals surface area contributed by atoms with Crippen molar-refractivity contribution in [1.29, 1.82) is 0 Å². The smallest absolute Gasteiger partial charge is 0.232 e. The minimum atomic E-state index is 0.342. The van der Waals surface area contributed by atoms with Gasteiger partial charge in [0.2, 0.25) is 11.8 Å². The van der Waals surface area contributed by atoms with Gasteiger partial charge in [-0.1, -0.05) is 11.2 Å². The van der Waals surface area contributed by atoms with Gasteiger partial charge in [-0.3, -0.25) is 0 Å². The molecule has 0 amide bonds. The van der Waals surface area contributed by atoms with Gasteiger partial charge in [-0.05, 0) is 6.07 Å². The molecule has 0 aromatic carbocycles. The standard InChI is InChI=1S/C11H13N3O3/c1-15-7-9-13-11(17-14-9)6-8-4-3-5-10(12-8)16-2/h3-5H,6-7H2,1-2H3. The van der Waals surface area contributed by atoms with Gasteiger partial charge < -0.3 is 14.0 Å². The van der Waals surface area contributed by atoms with Crippen molar-refractivity contribution in [1.82, 2.24) is 15.1 Å². The third-order valence-corrected chi connectivity index (χ3v) is 2.11. The van der Waals surface area contributed by atoms with Crippen LogP contribution in [0.5, 0.6) is 5.88 Å². The SMILES string of the molecule is COCc1noc(Cc2cccc(OC)n2)n1. The molecular formula is C11H13N3O3. The van der Waals surface area contributed by atoms with Gasteiger partial charge in [0.25, 0.3) is 0 Å². The number of pyridine rings is 1. The molecule has 0 saturated heterocycles. The topological polar surface area (TPSA) is 70.3 Å². The Morgan fingerprint density at radius 2 is 2.12 bits per heavy atom. The third-order valence-electron chi connectivity index (χ3n) is 2.11. The number of rotatable bonds is 5. The summed E-state index contributed by atoms with van der Waals surface area (Å²) in [6, 6.07) is 5.53. The van der Waals surface area contributed by atoms with Crippen molar-refractivity contribution >= 4 is 0 Å². The summed E-state index contributed by atoms with van der Waals surface area (Å²) in [6.07, 6.45) is 0.480. The highest BCUT2D eigenvalue weighted by Crippen LogP contribution is 2.10. The quantitative estimate of drug-likeness (QED) is 0.775. The van der Waals surface area contributed by atoms with Crippen LogP contribution in [-0.2, 0) is 17.8 Å². The van der Waals surface area contributed by atoms with Gasteiger partial charge >= 0.3 is 0 Å². The van der Waals surface area contributed by atoms with Crippen LogP contribution >= 0.6 is 0 Å². The normalized spacial score (nSPS) is 10.5. The molecule has 0 atom stereocenters. The van der Waals surface area contributed by atoms with E-state index in [-0.39, 0.29) is 0 Å². The molecule has 0 unspecified atom stereocenters. The van der Waals surface area contributed by atoms with E-state index in [1.807, 2.05) is 12.1 Å². The second-order valence-corrected chi connectivity index (χ2v) is 3.39. The largest absolute Gasteiger partial charge is 0.481 e. The predicted molar refractivity (Wildman–Crippen MR) is 58.6 cm³/mol. The molecule has 0 aliphatic heterocycles. The fourth-order valence-electron chi connectivity index (χ4n) is 1.37. The Kier molecular flexibility index (Phi) is 3.66. The van der Waals surface area contributed by atoms with Crippen LogP contribution in [0, 0.1) is 0 Å². The maximum atomic E-state index is 5.07. The van der Waals surface area contributed by atoms with Crippen molar-refractivity contribution in [2.45, 2.75) is 13.0 Å². The molecule has 0 N–H and O–H groups in total. The number of ether oxygens (including phenoxy) is 2. The zero-order valence-electron chi connectivity index (χ0n) is 9.71. The molecule has 0 radical (unpaired) electrons. The summed E-state index contributed by atoms with van der Waals surface area (Å²) in [5, 5.41) is 3.77. The van der Waals surface area contributed by atoms with E-state index >= 15 is 0 Å². The Labute approximate surface area is 98.6 Å². The zero-order valence-corrected chi connectivity index (χ0v) is 9.71. The van der Waals surface area contributed by atoms with Gasteiger partial charge in [0.05, 0.1) is 19.2 Å². The van der Waals surface area contributed by atoms with Crippen molar-refractivity contribution in [2.75, 3.05) is 14.2 Å². The van der Waals surface area contributed by atoms with Gasteiger partial charge in [-0.25, -0.2) is 4.98 Å². The molecule has 0 bridgehead atoms. The maximum Gasteiger partial charge on any atom is 0.232 e. The van der Waals surface area contributed by atoms with E-state index in [0.717, 1.165) is 5.69 Å². The zero-order chi connectivity index (χ0) is 12.1. The predicted octanol–water partition coefficient (Wildman–Crippen LogP) is 1.21. The minimum absolute atomic E-state index is 0.342. The molecule has 0 aliphatic rings. The van der Waals surface area contributed by atoms with E-state index in [9.17, 15) is 0 Å². The minimum Gasteiger partial charge on any atom is -0.481 e. The molecule has 17 heavy (non-hydrogen) atoms.